The van der Waals surface area contributed by atoms with Gasteiger partial charge >= 0.3 is 6.03 Å². The Balaban J connectivity index is 1.37. The highest BCUT2D eigenvalue weighted by molar-refractivity contribution is 5.84. The molecule has 1 fully saturated rings. The van der Waals surface area contributed by atoms with Gasteiger partial charge in [-0.25, -0.2) is 4.79 Å². The first kappa shape index (κ1) is 17.7. The monoisotopic (exact) mass is 353 g/mol. The van der Waals surface area contributed by atoms with Gasteiger partial charge in [-0.15, -0.1) is 0 Å². The molecule has 7 nitrogen and oxygen atoms in total. The number of aromatic nitrogens is 1. The summed E-state index contributed by atoms with van der Waals surface area (Å²) in [4.78, 5) is 32.0. The molecule has 26 heavy (non-hydrogen) atoms. The van der Waals surface area contributed by atoms with Crippen LogP contribution in [0.25, 0.3) is 0 Å². The Morgan fingerprint density at radius 1 is 0.923 bits per heavy atom. The maximum Gasteiger partial charge on any atom is 0.317 e. The zero-order valence-corrected chi connectivity index (χ0v) is 14.6. The van der Waals surface area contributed by atoms with Crippen LogP contribution in [0.3, 0.4) is 0 Å². The van der Waals surface area contributed by atoms with Gasteiger partial charge < -0.3 is 20.4 Å². The second kappa shape index (κ2) is 8.84. The predicted molar refractivity (Wildman–Crippen MR) is 99.7 cm³/mol. The number of pyridine rings is 1. The molecule has 2 heterocycles. The van der Waals surface area contributed by atoms with E-state index in [0.29, 0.717) is 19.6 Å². The van der Waals surface area contributed by atoms with Crippen molar-refractivity contribution in [3.05, 3.63) is 60.4 Å². The lowest BCUT2D eigenvalue weighted by molar-refractivity contribution is -0.120. The van der Waals surface area contributed by atoms with Gasteiger partial charge in [-0.2, -0.15) is 0 Å². The number of piperazine rings is 1. The average Bonchev–Trinajstić information content (AvgIpc) is 2.72. The minimum absolute atomic E-state index is 0.0250. The number of benzene rings is 1. The maximum absolute atomic E-state index is 12.2. The number of carbonyl (C=O) groups excluding carboxylic acids is 2. The highest BCUT2D eigenvalue weighted by Gasteiger charge is 2.21. The number of nitrogens with zero attached hydrogens (tertiary/aromatic N) is 3. The predicted octanol–water partition coefficient (Wildman–Crippen LogP) is 1.23. The van der Waals surface area contributed by atoms with Crippen molar-refractivity contribution in [3.63, 3.8) is 0 Å². The van der Waals surface area contributed by atoms with Crippen molar-refractivity contribution in [3.8, 4) is 0 Å². The van der Waals surface area contributed by atoms with Gasteiger partial charge in [-0.3, -0.25) is 9.78 Å². The first-order chi connectivity index (χ1) is 12.7. The van der Waals surface area contributed by atoms with Crippen molar-refractivity contribution >= 4 is 17.6 Å². The summed E-state index contributed by atoms with van der Waals surface area (Å²) in [5.74, 6) is -0.210. The smallest absolute Gasteiger partial charge is 0.317 e. The fraction of sp³-hybridized carbons (Fsp3) is 0.316. The Hall–Kier alpha value is -3.09. The second-order valence-corrected chi connectivity index (χ2v) is 6.10. The third-order valence-corrected chi connectivity index (χ3v) is 4.33. The first-order valence-corrected chi connectivity index (χ1v) is 8.71. The van der Waals surface area contributed by atoms with Crippen LogP contribution in [0.4, 0.5) is 10.5 Å². The Kier molecular flexibility index (Phi) is 6.03. The van der Waals surface area contributed by atoms with E-state index >= 15 is 0 Å². The van der Waals surface area contributed by atoms with Crippen molar-refractivity contribution in [2.45, 2.75) is 6.54 Å². The largest absolute Gasteiger partial charge is 0.368 e. The summed E-state index contributed by atoms with van der Waals surface area (Å²) < 4.78 is 0. The Bertz CT molecular complexity index is 715. The van der Waals surface area contributed by atoms with Crippen molar-refractivity contribution in [2.24, 2.45) is 0 Å². The Morgan fingerprint density at radius 2 is 1.62 bits per heavy atom. The van der Waals surface area contributed by atoms with Crippen LogP contribution in [0.15, 0.2) is 54.9 Å². The number of urea groups is 1. The number of hydrogen-bond acceptors (Lipinski definition) is 4. The number of nitrogens with one attached hydrogen (secondary N) is 2. The van der Waals surface area contributed by atoms with Gasteiger partial charge in [0.25, 0.3) is 0 Å². The lowest BCUT2D eigenvalue weighted by atomic mass is 10.2. The highest BCUT2D eigenvalue weighted by atomic mass is 16.2. The molecule has 0 radical (unpaired) electrons. The molecule has 136 valence electrons. The third kappa shape index (κ3) is 4.95. The minimum Gasteiger partial charge on any atom is -0.368 e. The summed E-state index contributed by atoms with van der Waals surface area (Å²) >= 11 is 0. The molecule has 3 amide bonds. The quantitative estimate of drug-likeness (QED) is 0.848. The minimum atomic E-state index is -0.210. The molecule has 0 saturated carbocycles. The van der Waals surface area contributed by atoms with E-state index in [4.69, 9.17) is 0 Å². The van der Waals surface area contributed by atoms with Gasteiger partial charge in [0.2, 0.25) is 5.91 Å². The van der Waals surface area contributed by atoms with Gasteiger partial charge in [0.05, 0.1) is 6.54 Å². The summed E-state index contributed by atoms with van der Waals surface area (Å²) in [5, 5.41) is 5.46. The molecule has 0 bridgehead atoms. The number of rotatable bonds is 5. The van der Waals surface area contributed by atoms with Crippen LogP contribution in [0, 0.1) is 0 Å². The fourth-order valence-corrected chi connectivity index (χ4v) is 2.84. The van der Waals surface area contributed by atoms with E-state index in [1.165, 1.54) is 5.69 Å². The number of hydrogen-bond donors (Lipinski definition) is 2. The van der Waals surface area contributed by atoms with Crippen LogP contribution >= 0.6 is 0 Å². The number of carbonyl (C=O) groups is 2. The van der Waals surface area contributed by atoms with Crippen molar-refractivity contribution in [1.29, 1.82) is 0 Å². The van der Waals surface area contributed by atoms with Crippen LogP contribution in [-0.2, 0) is 11.3 Å². The number of para-hydroxylation sites is 1. The van der Waals surface area contributed by atoms with E-state index in [9.17, 15) is 9.59 Å². The van der Waals surface area contributed by atoms with Crippen molar-refractivity contribution < 1.29 is 9.59 Å². The molecule has 3 rings (SSSR count). The third-order valence-electron chi connectivity index (χ3n) is 4.33. The van der Waals surface area contributed by atoms with Gasteiger partial charge in [0, 0.05) is 50.8 Å². The van der Waals surface area contributed by atoms with Crippen molar-refractivity contribution in [2.75, 3.05) is 37.6 Å². The average molecular weight is 353 g/mol. The van der Waals surface area contributed by atoms with Crippen LogP contribution in [0.5, 0.6) is 0 Å². The molecular formula is C19H23N5O2. The summed E-state index contributed by atoms with van der Waals surface area (Å²) in [6, 6.07) is 13.6. The zero-order valence-electron chi connectivity index (χ0n) is 14.6. The van der Waals surface area contributed by atoms with E-state index in [2.05, 4.69) is 32.7 Å². The van der Waals surface area contributed by atoms with Crippen molar-refractivity contribution in [1.82, 2.24) is 20.5 Å². The van der Waals surface area contributed by atoms with E-state index < -0.39 is 0 Å². The van der Waals surface area contributed by atoms with Crippen LogP contribution in [-0.4, -0.2) is 54.5 Å². The standard InChI is InChI=1S/C19H23N5O2/c25-18(21-14-16-6-8-20-9-7-16)15-22-19(26)24-12-10-23(11-13-24)17-4-2-1-3-5-17/h1-9H,10-15H2,(H,21,25)(H,22,26). The molecule has 1 aromatic carbocycles. The molecular weight excluding hydrogens is 330 g/mol. The summed E-state index contributed by atoms with van der Waals surface area (Å²) in [5.41, 5.74) is 2.14. The van der Waals surface area contributed by atoms with Gasteiger partial charge in [-0.05, 0) is 29.8 Å². The molecule has 1 saturated heterocycles. The Morgan fingerprint density at radius 3 is 2.31 bits per heavy atom. The molecule has 7 heteroatoms. The molecule has 1 aliphatic heterocycles. The lowest BCUT2D eigenvalue weighted by Crippen LogP contribution is -2.53. The molecule has 0 aliphatic carbocycles. The SMILES string of the molecule is O=C(CNC(=O)N1CCN(c2ccccc2)CC1)NCc1ccncc1. The molecule has 2 N–H and O–H groups in total. The molecule has 2 aromatic rings. The van der Waals surface area contributed by atoms with E-state index in [0.717, 1.165) is 18.7 Å². The topological polar surface area (TPSA) is 77.6 Å². The summed E-state index contributed by atoms with van der Waals surface area (Å²) in [6.07, 6.45) is 3.36. The van der Waals surface area contributed by atoms with Gasteiger partial charge in [-0.1, -0.05) is 18.2 Å². The molecule has 0 atom stereocenters. The van der Waals surface area contributed by atoms with Crippen LogP contribution in [0.1, 0.15) is 5.56 Å². The van der Waals surface area contributed by atoms with Crippen LogP contribution < -0.4 is 15.5 Å². The molecule has 0 unspecified atom stereocenters. The highest BCUT2D eigenvalue weighted by Crippen LogP contribution is 2.15. The lowest BCUT2D eigenvalue weighted by Gasteiger charge is -2.36. The fourth-order valence-electron chi connectivity index (χ4n) is 2.84. The normalized spacial score (nSPS) is 14.0. The number of amides is 3. The molecule has 0 spiro atoms. The maximum atomic E-state index is 12.2. The first-order valence-electron chi connectivity index (χ1n) is 8.71. The van der Waals surface area contributed by atoms with Gasteiger partial charge in [0.15, 0.2) is 0 Å². The van der Waals surface area contributed by atoms with E-state index in [1.54, 1.807) is 17.3 Å². The summed E-state index contributed by atoms with van der Waals surface area (Å²) in [7, 11) is 0. The Labute approximate surface area is 153 Å². The van der Waals surface area contributed by atoms with Gasteiger partial charge in [0.1, 0.15) is 0 Å². The zero-order chi connectivity index (χ0) is 18.2. The summed E-state index contributed by atoms with van der Waals surface area (Å²) in [6.45, 7) is 3.24. The number of anilines is 1. The van der Waals surface area contributed by atoms with Crippen LogP contribution in [0.2, 0.25) is 0 Å². The van der Waals surface area contributed by atoms with E-state index in [1.807, 2.05) is 30.3 Å². The molecule has 1 aromatic heterocycles. The van der Waals surface area contributed by atoms with E-state index in [-0.39, 0.29) is 18.5 Å². The second-order valence-electron chi connectivity index (χ2n) is 6.10. The molecule has 1 aliphatic rings.